The Labute approximate surface area is 158 Å². The minimum atomic E-state index is 0.280. The fourth-order valence-corrected chi connectivity index (χ4v) is 3.59. The van der Waals surface area contributed by atoms with Crippen molar-refractivity contribution in [2.75, 3.05) is 25.0 Å². The summed E-state index contributed by atoms with van der Waals surface area (Å²) in [5, 5.41) is 7.49. The molecule has 2 aliphatic heterocycles. The van der Waals surface area contributed by atoms with E-state index in [1.165, 1.54) is 0 Å². The van der Waals surface area contributed by atoms with Gasteiger partial charge in [0, 0.05) is 55.3 Å². The number of rotatable bonds is 6. The molecule has 3 heterocycles. The van der Waals surface area contributed by atoms with E-state index in [1.807, 2.05) is 29.2 Å². The lowest BCUT2D eigenvalue weighted by Crippen LogP contribution is -2.27. The molecule has 0 atom stereocenters. The molecule has 1 saturated heterocycles. The molecule has 0 spiro atoms. The topological polar surface area (TPSA) is 70.2 Å². The second-order valence-corrected chi connectivity index (χ2v) is 7.13. The number of aromatic nitrogens is 2. The van der Waals surface area contributed by atoms with Crippen molar-refractivity contribution in [3.05, 3.63) is 40.5 Å². The molecule has 2 N–H and O–H groups in total. The van der Waals surface area contributed by atoms with Crippen LogP contribution in [0.1, 0.15) is 30.5 Å². The Morgan fingerprint density at radius 1 is 1.19 bits per heavy atom. The highest BCUT2D eigenvalue weighted by Crippen LogP contribution is 2.26. The molecule has 4 rings (SSSR count). The molecule has 0 unspecified atom stereocenters. The van der Waals surface area contributed by atoms with Gasteiger partial charge in [-0.2, -0.15) is 0 Å². The van der Waals surface area contributed by atoms with Crippen LogP contribution in [0.2, 0.25) is 5.02 Å². The number of carbonyl (C=O) groups excluding carboxylic acids is 1. The number of nitrogens with zero attached hydrogens (tertiary/aromatic N) is 3. The zero-order valence-electron chi connectivity index (χ0n) is 14.6. The van der Waals surface area contributed by atoms with Crippen LogP contribution in [0.15, 0.2) is 24.3 Å². The average molecular weight is 372 g/mol. The van der Waals surface area contributed by atoms with Crippen LogP contribution in [0.4, 0.5) is 5.82 Å². The van der Waals surface area contributed by atoms with E-state index in [-0.39, 0.29) is 5.91 Å². The summed E-state index contributed by atoms with van der Waals surface area (Å²) >= 11 is 5.98. The van der Waals surface area contributed by atoms with Crippen molar-refractivity contribution in [1.82, 2.24) is 20.2 Å². The number of likely N-dealkylation sites (tertiary alicyclic amines) is 1. The second-order valence-electron chi connectivity index (χ2n) is 6.70. The fraction of sp³-hybridized carbons (Fsp3) is 0.421. The normalized spacial score (nSPS) is 16.2. The molecule has 136 valence electrons. The zero-order valence-corrected chi connectivity index (χ0v) is 15.4. The van der Waals surface area contributed by atoms with Gasteiger partial charge in [-0.25, -0.2) is 9.97 Å². The van der Waals surface area contributed by atoms with Crippen molar-refractivity contribution in [2.24, 2.45) is 0 Å². The third-order valence-electron chi connectivity index (χ3n) is 4.86. The van der Waals surface area contributed by atoms with E-state index in [9.17, 15) is 4.79 Å². The van der Waals surface area contributed by atoms with Crippen LogP contribution in [0, 0.1) is 0 Å². The minimum Gasteiger partial charge on any atom is -0.370 e. The van der Waals surface area contributed by atoms with Crippen molar-refractivity contribution in [3.8, 4) is 11.4 Å². The van der Waals surface area contributed by atoms with Gasteiger partial charge in [0.15, 0.2) is 5.82 Å². The number of benzene rings is 1. The minimum absolute atomic E-state index is 0.280. The van der Waals surface area contributed by atoms with E-state index in [4.69, 9.17) is 21.6 Å². The first-order chi connectivity index (χ1) is 12.7. The molecule has 2 aromatic rings. The van der Waals surface area contributed by atoms with Gasteiger partial charge in [0.2, 0.25) is 5.91 Å². The van der Waals surface area contributed by atoms with E-state index < -0.39 is 0 Å². The molecular formula is C19H22ClN5O. The van der Waals surface area contributed by atoms with E-state index in [0.29, 0.717) is 17.3 Å². The summed E-state index contributed by atoms with van der Waals surface area (Å²) in [6.45, 7) is 4.03. The molecule has 1 fully saturated rings. The maximum absolute atomic E-state index is 11.7. The third-order valence-corrected chi connectivity index (χ3v) is 5.11. The predicted octanol–water partition coefficient (Wildman–Crippen LogP) is 2.82. The summed E-state index contributed by atoms with van der Waals surface area (Å²) in [5.41, 5.74) is 3.14. The molecule has 2 aliphatic rings. The van der Waals surface area contributed by atoms with E-state index in [2.05, 4.69) is 10.6 Å². The van der Waals surface area contributed by atoms with Crippen molar-refractivity contribution < 1.29 is 4.79 Å². The van der Waals surface area contributed by atoms with Gasteiger partial charge in [-0.15, -0.1) is 0 Å². The highest BCUT2D eigenvalue weighted by molar-refractivity contribution is 6.30. The quantitative estimate of drug-likeness (QED) is 0.764. The van der Waals surface area contributed by atoms with Gasteiger partial charge in [0.05, 0.1) is 5.69 Å². The molecule has 1 aromatic heterocycles. The first-order valence-corrected chi connectivity index (χ1v) is 9.46. The average Bonchev–Trinajstić information content (AvgIpc) is 3.28. The largest absolute Gasteiger partial charge is 0.370 e. The van der Waals surface area contributed by atoms with Gasteiger partial charge in [-0.1, -0.05) is 11.6 Å². The van der Waals surface area contributed by atoms with Crippen molar-refractivity contribution >= 4 is 23.3 Å². The van der Waals surface area contributed by atoms with Gasteiger partial charge < -0.3 is 15.5 Å². The highest BCUT2D eigenvalue weighted by Gasteiger charge is 2.21. The molecule has 26 heavy (non-hydrogen) atoms. The van der Waals surface area contributed by atoms with Crippen LogP contribution in [-0.2, 0) is 17.9 Å². The van der Waals surface area contributed by atoms with Crippen molar-refractivity contribution in [2.45, 2.75) is 32.4 Å². The first kappa shape index (κ1) is 17.2. The van der Waals surface area contributed by atoms with E-state index in [1.54, 1.807) is 0 Å². The SMILES string of the molecule is O=C1CCCN1CCCNc1nc(-c2ccc(Cl)cc2)nc2c1CNC2. The molecule has 1 amide bonds. The lowest BCUT2D eigenvalue weighted by Gasteiger charge is -2.16. The molecular weight excluding hydrogens is 350 g/mol. The number of hydrogen-bond donors (Lipinski definition) is 2. The first-order valence-electron chi connectivity index (χ1n) is 9.09. The molecule has 0 radical (unpaired) electrons. The number of amides is 1. The number of carbonyl (C=O) groups is 1. The monoisotopic (exact) mass is 371 g/mol. The molecule has 6 nitrogen and oxygen atoms in total. The standard InChI is InChI=1S/C19H22ClN5O/c20-14-6-4-13(5-7-14)18-23-16-12-21-11-15(16)19(24-18)22-8-2-10-25-9-1-3-17(25)26/h4-7,21H,1-3,8-12H2,(H,22,23,24). The summed E-state index contributed by atoms with van der Waals surface area (Å²) in [7, 11) is 0. The molecule has 7 heteroatoms. The fourth-order valence-electron chi connectivity index (χ4n) is 3.46. The van der Waals surface area contributed by atoms with Gasteiger partial charge in [-0.05, 0) is 37.1 Å². The Morgan fingerprint density at radius 3 is 2.81 bits per heavy atom. The lowest BCUT2D eigenvalue weighted by molar-refractivity contribution is -0.127. The van der Waals surface area contributed by atoms with Gasteiger partial charge >= 0.3 is 0 Å². The Kier molecular flexibility index (Phi) is 5.04. The molecule has 1 aromatic carbocycles. The predicted molar refractivity (Wildman–Crippen MR) is 102 cm³/mol. The van der Waals surface area contributed by atoms with Crippen LogP contribution in [-0.4, -0.2) is 40.4 Å². The van der Waals surface area contributed by atoms with Crippen LogP contribution in [0.5, 0.6) is 0 Å². The highest BCUT2D eigenvalue weighted by atomic mass is 35.5. The summed E-state index contributed by atoms with van der Waals surface area (Å²) in [6.07, 6.45) is 2.60. The Balaban J connectivity index is 1.46. The number of halogens is 1. The number of anilines is 1. The number of fused-ring (bicyclic) bond motifs is 1. The Morgan fingerprint density at radius 2 is 2.04 bits per heavy atom. The lowest BCUT2D eigenvalue weighted by atomic mass is 10.2. The summed E-state index contributed by atoms with van der Waals surface area (Å²) in [5.74, 6) is 1.88. The second kappa shape index (κ2) is 7.60. The van der Waals surface area contributed by atoms with Crippen LogP contribution in [0.3, 0.4) is 0 Å². The zero-order chi connectivity index (χ0) is 17.9. The van der Waals surface area contributed by atoms with Crippen molar-refractivity contribution in [1.29, 1.82) is 0 Å². The summed E-state index contributed by atoms with van der Waals surface area (Å²) < 4.78 is 0. The maximum atomic E-state index is 11.7. The molecule has 0 aliphatic carbocycles. The smallest absolute Gasteiger partial charge is 0.222 e. The van der Waals surface area contributed by atoms with Gasteiger partial charge in [0.1, 0.15) is 5.82 Å². The van der Waals surface area contributed by atoms with Crippen LogP contribution < -0.4 is 10.6 Å². The van der Waals surface area contributed by atoms with Crippen molar-refractivity contribution in [3.63, 3.8) is 0 Å². The summed E-state index contributed by atoms with van der Waals surface area (Å²) in [6, 6.07) is 7.59. The number of hydrogen-bond acceptors (Lipinski definition) is 5. The van der Waals surface area contributed by atoms with E-state index in [0.717, 1.165) is 68.2 Å². The maximum Gasteiger partial charge on any atom is 0.222 e. The molecule has 0 bridgehead atoms. The number of nitrogens with one attached hydrogen (secondary N) is 2. The molecule has 0 saturated carbocycles. The van der Waals surface area contributed by atoms with E-state index >= 15 is 0 Å². The summed E-state index contributed by atoms with van der Waals surface area (Å²) in [4.78, 5) is 23.1. The Hall–Kier alpha value is -2.18. The van der Waals surface area contributed by atoms with Crippen LogP contribution in [0.25, 0.3) is 11.4 Å². The van der Waals surface area contributed by atoms with Gasteiger partial charge in [-0.3, -0.25) is 4.79 Å². The van der Waals surface area contributed by atoms with Crippen LogP contribution >= 0.6 is 11.6 Å². The Bertz CT molecular complexity index is 808. The van der Waals surface area contributed by atoms with Gasteiger partial charge in [0.25, 0.3) is 0 Å². The third kappa shape index (κ3) is 3.66.